The molecule has 0 saturated heterocycles. The molecule has 9 bridgehead atoms. The number of hydrogen-bond donors (Lipinski definition) is 2. The maximum absolute atomic E-state index is 12.4. The topological polar surface area (TPSA) is 169 Å². The number of pyridine rings is 1. The summed E-state index contributed by atoms with van der Waals surface area (Å²) in [5, 5.41) is 7.19. The molecule has 0 fully saturated rings. The van der Waals surface area contributed by atoms with E-state index in [1.165, 1.54) is 12.5 Å². The minimum absolute atomic E-state index is 0.123. The Morgan fingerprint density at radius 2 is 1.16 bits per heavy atom. The molecule has 5 aromatic rings. The summed E-state index contributed by atoms with van der Waals surface area (Å²) in [6.07, 6.45) is 5.62. The molecular formula is C35H37N5O9. The minimum Gasteiger partial charge on any atom is -0.494 e. The number of carbonyl (C=O) groups is 2. The zero-order chi connectivity index (χ0) is 33.8. The van der Waals surface area contributed by atoms with Crippen LogP contribution in [0.5, 0.6) is 17.2 Å². The molecule has 49 heavy (non-hydrogen) atoms. The van der Waals surface area contributed by atoms with E-state index < -0.39 is 12.2 Å². The summed E-state index contributed by atoms with van der Waals surface area (Å²) in [7, 11) is 0. The first kappa shape index (κ1) is 33.1. The fourth-order valence-corrected chi connectivity index (χ4v) is 4.82. The van der Waals surface area contributed by atoms with Crippen molar-refractivity contribution in [1.82, 2.24) is 15.0 Å². The van der Waals surface area contributed by atoms with Gasteiger partial charge in [0.15, 0.2) is 11.6 Å². The van der Waals surface area contributed by atoms with Crippen LogP contribution < -0.4 is 24.8 Å². The van der Waals surface area contributed by atoms with Crippen LogP contribution in [0.3, 0.4) is 0 Å². The summed E-state index contributed by atoms with van der Waals surface area (Å²) in [5.41, 5.74) is 0.625. The SMILES string of the molecule is CCCCOc1cc2nc(c1)-c1nc(co1)NC(=O)OCCCCOc1ccc3ccc(cc3c1)OCCCCOC(=O)Nc1coc-2n1. The molecule has 1 aliphatic heterocycles. The van der Waals surface area contributed by atoms with Gasteiger partial charge in [0.2, 0.25) is 11.8 Å². The molecule has 0 radical (unpaired) electrons. The van der Waals surface area contributed by atoms with Gasteiger partial charge in [-0.15, -0.1) is 0 Å². The lowest BCUT2D eigenvalue weighted by Crippen LogP contribution is -2.15. The van der Waals surface area contributed by atoms with Gasteiger partial charge in [-0.2, -0.15) is 9.97 Å². The normalized spacial score (nSPS) is 14.9. The van der Waals surface area contributed by atoms with Gasteiger partial charge in [0.05, 0.1) is 33.0 Å². The van der Waals surface area contributed by atoms with E-state index in [0.29, 0.717) is 62.6 Å². The van der Waals surface area contributed by atoms with Crippen molar-refractivity contribution in [2.75, 3.05) is 43.7 Å². The van der Waals surface area contributed by atoms with E-state index in [-0.39, 0.29) is 36.6 Å². The molecule has 2 N–H and O–H groups in total. The van der Waals surface area contributed by atoms with Gasteiger partial charge in [0.1, 0.15) is 41.2 Å². The van der Waals surface area contributed by atoms with E-state index in [0.717, 1.165) is 35.1 Å². The summed E-state index contributed by atoms with van der Waals surface area (Å²) in [6.45, 7) is 3.87. The molecular weight excluding hydrogens is 634 g/mol. The number of carbonyl (C=O) groups excluding carboxylic acids is 2. The highest BCUT2D eigenvalue weighted by Gasteiger charge is 2.18. The Balaban J connectivity index is 1.16. The number of nitrogens with zero attached hydrogens (tertiary/aromatic N) is 3. The van der Waals surface area contributed by atoms with Crippen molar-refractivity contribution < 1.29 is 42.1 Å². The number of amides is 2. The molecule has 6 rings (SSSR count). The van der Waals surface area contributed by atoms with Gasteiger partial charge in [-0.1, -0.05) is 25.5 Å². The predicted molar refractivity (Wildman–Crippen MR) is 179 cm³/mol. The van der Waals surface area contributed by atoms with E-state index in [2.05, 4.69) is 32.5 Å². The average Bonchev–Trinajstić information content (AvgIpc) is 3.77. The highest BCUT2D eigenvalue weighted by atomic mass is 16.6. The summed E-state index contributed by atoms with van der Waals surface area (Å²) in [6, 6.07) is 15.1. The van der Waals surface area contributed by atoms with Crippen LogP contribution in [0.1, 0.15) is 45.4 Å². The second kappa shape index (κ2) is 16.4. The molecule has 2 aromatic carbocycles. The van der Waals surface area contributed by atoms with Gasteiger partial charge in [-0.25, -0.2) is 14.6 Å². The van der Waals surface area contributed by atoms with Gasteiger partial charge in [0, 0.05) is 12.1 Å². The molecule has 0 spiro atoms. The first-order valence-corrected chi connectivity index (χ1v) is 16.3. The number of nitrogens with one attached hydrogen (secondary N) is 2. The molecule has 0 saturated carbocycles. The van der Waals surface area contributed by atoms with Gasteiger partial charge >= 0.3 is 12.2 Å². The molecule has 0 unspecified atom stereocenters. The number of unbranched alkanes of at least 4 members (excludes halogenated alkanes) is 1. The van der Waals surface area contributed by atoms with Crippen molar-refractivity contribution in [2.45, 2.75) is 45.4 Å². The second-order valence-corrected chi connectivity index (χ2v) is 11.2. The number of rotatable bonds is 4. The van der Waals surface area contributed by atoms with Crippen LogP contribution in [0, 0.1) is 0 Å². The highest BCUT2D eigenvalue weighted by Crippen LogP contribution is 2.30. The van der Waals surface area contributed by atoms with Crippen molar-refractivity contribution in [3.8, 4) is 40.4 Å². The molecule has 4 heterocycles. The van der Waals surface area contributed by atoms with Gasteiger partial charge in [-0.3, -0.25) is 10.6 Å². The van der Waals surface area contributed by atoms with E-state index in [9.17, 15) is 9.59 Å². The first-order chi connectivity index (χ1) is 24.0. The van der Waals surface area contributed by atoms with Crippen LogP contribution in [0.2, 0.25) is 0 Å². The fraction of sp³-hybridized carbons (Fsp3) is 0.343. The van der Waals surface area contributed by atoms with Crippen molar-refractivity contribution in [2.24, 2.45) is 0 Å². The Labute approximate surface area is 282 Å². The Hall–Kier alpha value is -5.79. The number of aromatic nitrogens is 3. The van der Waals surface area contributed by atoms with Crippen LogP contribution in [0.25, 0.3) is 33.9 Å². The Morgan fingerprint density at radius 1 is 0.653 bits per heavy atom. The van der Waals surface area contributed by atoms with Crippen molar-refractivity contribution in [1.29, 1.82) is 0 Å². The fourth-order valence-electron chi connectivity index (χ4n) is 4.82. The number of oxazole rings is 2. The van der Waals surface area contributed by atoms with Gasteiger partial charge < -0.3 is 32.5 Å². The van der Waals surface area contributed by atoms with Crippen molar-refractivity contribution in [3.05, 3.63) is 61.1 Å². The van der Waals surface area contributed by atoms with Crippen molar-refractivity contribution >= 4 is 34.6 Å². The zero-order valence-corrected chi connectivity index (χ0v) is 27.1. The van der Waals surface area contributed by atoms with Crippen LogP contribution in [-0.4, -0.2) is 60.2 Å². The average molecular weight is 672 g/mol. The summed E-state index contributed by atoms with van der Waals surface area (Å²) in [5.74, 6) is 2.50. The summed E-state index contributed by atoms with van der Waals surface area (Å²) >= 11 is 0. The van der Waals surface area contributed by atoms with E-state index in [1.54, 1.807) is 12.1 Å². The van der Waals surface area contributed by atoms with E-state index in [4.69, 9.17) is 32.5 Å². The van der Waals surface area contributed by atoms with Crippen LogP contribution in [-0.2, 0) is 9.47 Å². The zero-order valence-electron chi connectivity index (χ0n) is 27.1. The minimum atomic E-state index is -0.670. The monoisotopic (exact) mass is 671 g/mol. The quantitative estimate of drug-likeness (QED) is 0.178. The Bertz CT molecular complexity index is 1750. The lowest BCUT2D eigenvalue weighted by molar-refractivity contribution is 0.155. The maximum Gasteiger partial charge on any atom is 0.412 e. The van der Waals surface area contributed by atoms with Crippen molar-refractivity contribution in [3.63, 3.8) is 0 Å². The molecule has 0 aliphatic carbocycles. The van der Waals surface area contributed by atoms with Crippen LogP contribution in [0.4, 0.5) is 21.2 Å². The molecule has 3 aromatic heterocycles. The third-order valence-electron chi connectivity index (χ3n) is 7.34. The standard InChI is InChI=1S/C35H37N5O9/c1-2-3-12-45-27-19-28-32-37-30(21-48-32)39-34(41)46-15-6-4-13-43-25-10-8-23-9-11-26(18-24(23)17-25)44-14-5-7-16-47-35(42)40-31-22-49-33(38-31)29(20-27)36-28/h8-11,17-22H,2-7,12-16H2,1H3,(H,39,41)(H,40,42). The van der Waals surface area contributed by atoms with Crippen LogP contribution in [0.15, 0.2) is 69.9 Å². The maximum atomic E-state index is 12.4. The smallest absolute Gasteiger partial charge is 0.412 e. The number of hydrogen-bond acceptors (Lipinski definition) is 12. The predicted octanol–water partition coefficient (Wildman–Crippen LogP) is 7.85. The van der Waals surface area contributed by atoms with Gasteiger partial charge in [0.25, 0.3) is 0 Å². The number of anilines is 2. The third-order valence-corrected chi connectivity index (χ3v) is 7.34. The number of fused-ring (bicyclic) bond motifs is 10. The second-order valence-electron chi connectivity index (χ2n) is 11.2. The highest BCUT2D eigenvalue weighted by molar-refractivity contribution is 5.85. The third kappa shape index (κ3) is 9.40. The Morgan fingerprint density at radius 3 is 1.67 bits per heavy atom. The Kier molecular flexibility index (Phi) is 11.1. The molecule has 14 nitrogen and oxygen atoms in total. The number of cyclic esters (lactones) is 2. The molecule has 2 amide bonds. The molecule has 0 atom stereocenters. The molecule has 256 valence electrons. The van der Waals surface area contributed by atoms with E-state index >= 15 is 0 Å². The lowest BCUT2D eigenvalue weighted by Gasteiger charge is -2.10. The van der Waals surface area contributed by atoms with Gasteiger partial charge in [-0.05, 0) is 67.1 Å². The molecule has 14 heteroatoms. The number of ether oxygens (including phenoxy) is 5. The summed E-state index contributed by atoms with van der Waals surface area (Å²) in [4.78, 5) is 38.1. The molecule has 1 aliphatic rings. The first-order valence-electron chi connectivity index (χ1n) is 16.3. The number of benzene rings is 2. The largest absolute Gasteiger partial charge is 0.494 e. The van der Waals surface area contributed by atoms with E-state index in [1.807, 2.05) is 36.4 Å². The summed E-state index contributed by atoms with van der Waals surface area (Å²) < 4.78 is 39.6. The lowest BCUT2D eigenvalue weighted by atomic mass is 10.1. The van der Waals surface area contributed by atoms with Crippen LogP contribution >= 0.6 is 0 Å².